The Morgan fingerprint density at radius 2 is 1.48 bits per heavy atom. The Morgan fingerprint density at radius 1 is 0.800 bits per heavy atom. The fraction of sp³-hybridized carbons (Fsp3) is 0.286. The van der Waals surface area contributed by atoms with Gasteiger partial charge in [0.15, 0.2) is 5.82 Å². The van der Waals surface area contributed by atoms with Crippen molar-refractivity contribution in [3.63, 3.8) is 0 Å². The Morgan fingerprint density at radius 3 is 2.24 bits per heavy atom. The lowest BCUT2D eigenvalue weighted by Gasteiger charge is -2.20. The molecule has 1 fully saturated rings. The van der Waals surface area contributed by atoms with Crippen molar-refractivity contribution in [2.45, 2.75) is 25.7 Å². The molecule has 2 heterocycles. The van der Waals surface area contributed by atoms with E-state index >= 15 is 0 Å². The van der Waals surface area contributed by atoms with E-state index in [4.69, 9.17) is 0 Å². The second-order valence-electron chi connectivity index (χ2n) is 6.49. The minimum absolute atomic E-state index is 0.0256. The second-order valence-corrected chi connectivity index (χ2v) is 6.49. The lowest BCUT2D eigenvalue weighted by molar-refractivity contribution is 0.0758. The molecule has 1 aliphatic rings. The molecule has 4 nitrogen and oxygen atoms in total. The van der Waals surface area contributed by atoms with Crippen molar-refractivity contribution < 1.29 is 4.79 Å². The summed E-state index contributed by atoms with van der Waals surface area (Å²) in [5.74, 6) is 0.634. The average molecular weight is 331 g/mol. The molecule has 0 spiro atoms. The number of hydrogen-bond donors (Lipinski definition) is 0. The zero-order valence-electron chi connectivity index (χ0n) is 14.2. The van der Waals surface area contributed by atoms with E-state index in [0.717, 1.165) is 42.4 Å². The summed E-state index contributed by atoms with van der Waals surface area (Å²) in [7, 11) is 0. The minimum Gasteiger partial charge on any atom is -0.337 e. The number of para-hydroxylation sites is 1. The molecule has 3 aromatic rings. The lowest BCUT2D eigenvalue weighted by atomic mass is 10.1. The standard InChI is InChI=1S/C21H21N3O/c25-21(24-14-8-1-2-9-15-24)19-17-12-6-7-13-18(17)22-20(23-19)16-10-4-3-5-11-16/h3-7,10-13H,1-2,8-9,14-15H2. The number of likely N-dealkylation sites (tertiary alicyclic amines) is 1. The van der Waals surface area contributed by atoms with Crippen LogP contribution < -0.4 is 0 Å². The molecule has 4 rings (SSSR count). The first-order valence-corrected chi connectivity index (χ1v) is 8.94. The number of hydrogen-bond acceptors (Lipinski definition) is 3. The van der Waals surface area contributed by atoms with E-state index in [1.54, 1.807) is 0 Å². The van der Waals surface area contributed by atoms with Crippen LogP contribution >= 0.6 is 0 Å². The molecule has 1 saturated heterocycles. The molecule has 0 unspecified atom stereocenters. The number of amides is 1. The number of fused-ring (bicyclic) bond motifs is 1. The number of nitrogens with zero attached hydrogens (tertiary/aromatic N) is 3. The Hall–Kier alpha value is -2.75. The predicted octanol–water partition coefficient (Wildman–Crippen LogP) is 4.31. The zero-order valence-corrected chi connectivity index (χ0v) is 14.2. The van der Waals surface area contributed by atoms with E-state index in [9.17, 15) is 4.79 Å². The highest BCUT2D eigenvalue weighted by molar-refractivity contribution is 6.04. The Balaban J connectivity index is 1.82. The van der Waals surface area contributed by atoms with Crippen molar-refractivity contribution in [1.29, 1.82) is 0 Å². The van der Waals surface area contributed by atoms with Gasteiger partial charge in [0, 0.05) is 24.0 Å². The van der Waals surface area contributed by atoms with E-state index < -0.39 is 0 Å². The van der Waals surface area contributed by atoms with Crippen LogP contribution in [0.1, 0.15) is 36.2 Å². The summed E-state index contributed by atoms with van der Waals surface area (Å²) in [6, 6.07) is 17.6. The third-order valence-corrected chi connectivity index (χ3v) is 4.73. The summed E-state index contributed by atoms with van der Waals surface area (Å²) in [4.78, 5) is 24.5. The van der Waals surface area contributed by atoms with Crippen molar-refractivity contribution in [3.8, 4) is 11.4 Å². The Kier molecular flexibility index (Phi) is 4.42. The average Bonchev–Trinajstić information content (AvgIpc) is 2.97. The second kappa shape index (κ2) is 7.01. The summed E-state index contributed by atoms with van der Waals surface area (Å²) < 4.78 is 0. The number of carbonyl (C=O) groups excluding carboxylic acids is 1. The van der Waals surface area contributed by atoms with E-state index in [2.05, 4.69) is 9.97 Å². The van der Waals surface area contributed by atoms with E-state index in [-0.39, 0.29) is 5.91 Å². The summed E-state index contributed by atoms with van der Waals surface area (Å²) in [6.45, 7) is 1.63. The predicted molar refractivity (Wildman–Crippen MR) is 99.3 cm³/mol. The fourth-order valence-electron chi connectivity index (χ4n) is 3.38. The smallest absolute Gasteiger partial charge is 0.273 e. The van der Waals surface area contributed by atoms with E-state index in [1.807, 2.05) is 59.5 Å². The first-order valence-electron chi connectivity index (χ1n) is 8.94. The highest BCUT2D eigenvalue weighted by Crippen LogP contribution is 2.23. The minimum atomic E-state index is 0.0256. The van der Waals surface area contributed by atoms with Crippen LogP contribution in [0.4, 0.5) is 0 Å². The zero-order chi connectivity index (χ0) is 17.1. The monoisotopic (exact) mass is 331 g/mol. The van der Waals surface area contributed by atoms with Gasteiger partial charge in [-0.15, -0.1) is 0 Å². The Bertz CT molecular complexity index is 884. The lowest BCUT2D eigenvalue weighted by Crippen LogP contribution is -2.32. The van der Waals surface area contributed by atoms with Crippen molar-refractivity contribution in [2.24, 2.45) is 0 Å². The van der Waals surface area contributed by atoms with Gasteiger partial charge >= 0.3 is 0 Å². The van der Waals surface area contributed by atoms with Gasteiger partial charge in [-0.3, -0.25) is 4.79 Å². The van der Waals surface area contributed by atoms with Crippen LogP contribution in [-0.4, -0.2) is 33.9 Å². The van der Waals surface area contributed by atoms with Crippen LogP contribution in [0.15, 0.2) is 54.6 Å². The summed E-state index contributed by atoms with van der Waals surface area (Å²) in [5.41, 5.74) is 2.26. The highest BCUT2D eigenvalue weighted by atomic mass is 16.2. The maximum Gasteiger partial charge on any atom is 0.273 e. The van der Waals surface area contributed by atoms with Crippen LogP contribution in [0.5, 0.6) is 0 Å². The molecule has 2 aromatic carbocycles. The number of carbonyl (C=O) groups is 1. The molecule has 0 aliphatic carbocycles. The van der Waals surface area contributed by atoms with Crippen molar-refractivity contribution in [2.75, 3.05) is 13.1 Å². The van der Waals surface area contributed by atoms with Gasteiger partial charge < -0.3 is 4.90 Å². The SMILES string of the molecule is O=C(c1nc(-c2ccccc2)nc2ccccc12)N1CCCCCC1. The molecule has 1 amide bonds. The molecule has 0 atom stereocenters. The topological polar surface area (TPSA) is 46.1 Å². The van der Waals surface area contributed by atoms with Crippen molar-refractivity contribution in [1.82, 2.24) is 14.9 Å². The van der Waals surface area contributed by atoms with Crippen LogP contribution in [-0.2, 0) is 0 Å². The highest BCUT2D eigenvalue weighted by Gasteiger charge is 2.22. The van der Waals surface area contributed by atoms with Gasteiger partial charge in [-0.1, -0.05) is 61.4 Å². The molecular formula is C21H21N3O. The first kappa shape index (κ1) is 15.8. The number of aromatic nitrogens is 2. The van der Waals surface area contributed by atoms with Gasteiger partial charge in [-0.2, -0.15) is 0 Å². The molecule has 1 aliphatic heterocycles. The normalized spacial score (nSPS) is 15.1. The first-order chi connectivity index (χ1) is 12.3. The fourth-order valence-corrected chi connectivity index (χ4v) is 3.38. The Labute approximate surface area is 147 Å². The van der Waals surface area contributed by atoms with Gasteiger partial charge in [0.1, 0.15) is 5.69 Å². The summed E-state index contributed by atoms with van der Waals surface area (Å²) >= 11 is 0. The maximum absolute atomic E-state index is 13.2. The molecule has 25 heavy (non-hydrogen) atoms. The van der Waals surface area contributed by atoms with Crippen LogP contribution in [0.3, 0.4) is 0 Å². The molecule has 0 N–H and O–H groups in total. The van der Waals surface area contributed by atoms with Crippen molar-refractivity contribution in [3.05, 3.63) is 60.3 Å². The van der Waals surface area contributed by atoms with Crippen molar-refractivity contribution >= 4 is 16.8 Å². The number of benzene rings is 2. The van der Waals surface area contributed by atoms with Gasteiger partial charge in [-0.05, 0) is 18.9 Å². The van der Waals surface area contributed by atoms with Crippen LogP contribution in [0, 0.1) is 0 Å². The molecule has 0 radical (unpaired) electrons. The van der Waals surface area contributed by atoms with Gasteiger partial charge in [0.05, 0.1) is 5.52 Å². The third kappa shape index (κ3) is 3.25. The summed E-state index contributed by atoms with van der Waals surface area (Å²) in [6.07, 6.45) is 4.54. The number of rotatable bonds is 2. The van der Waals surface area contributed by atoms with E-state index in [1.165, 1.54) is 12.8 Å². The molecule has 4 heteroatoms. The molecular weight excluding hydrogens is 310 g/mol. The molecule has 0 saturated carbocycles. The van der Waals surface area contributed by atoms with Gasteiger partial charge in [-0.25, -0.2) is 9.97 Å². The van der Waals surface area contributed by atoms with E-state index in [0.29, 0.717) is 11.5 Å². The third-order valence-electron chi connectivity index (χ3n) is 4.73. The summed E-state index contributed by atoms with van der Waals surface area (Å²) in [5, 5.41) is 0.830. The maximum atomic E-state index is 13.2. The van der Waals surface area contributed by atoms with Gasteiger partial charge in [0.25, 0.3) is 5.91 Å². The van der Waals surface area contributed by atoms with Crippen LogP contribution in [0.2, 0.25) is 0 Å². The van der Waals surface area contributed by atoms with Gasteiger partial charge in [0.2, 0.25) is 0 Å². The molecule has 126 valence electrons. The largest absolute Gasteiger partial charge is 0.337 e. The molecule has 0 bridgehead atoms. The molecule has 1 aromatic heterocycles. The van der Waals surface area contributed by atoms with Crippen LogP contribution in [0.25, 0.3) is 22.3 Å². The quantitative estimate of drug-likeness (QED) is 0.703.